The molecule has 0 bridgehead atoms. The molecule has 2 amide bonds. The number of nitrogens with one attached hydrogen (secondary N) is 2. The molecule has 0 spiro atoms. The third-order valence-corrected chi connectivity index (χ3v) is 5.80. The number of rotatable bonds is 6. The van der Waals surface area contributed by atoms with Gasteiger partial charge in [-0.05, 0) is 52.6 Å². The van der Waals surface area contributed by atoms with Crippen LogP contribution < -0.4 is 20.1 Å². The summed E-state index contributed by atoms with van der Waals surface area (Å²) in [5.74, 6) is 1.17. The van der Waals surface area contributed by atoms with Crippen molar-refractivity contribution >= 4 is 11.8 Å². The smallest absolute Gasteiger partial charge is 0.251 e. The predicted octanol–water partition coefficient (Wildman–Crippen LogP) is 2.94. The molecule has 0 saturated carbocycles. The van der Waals surface area contributed by atoms with Crippen molar-refractivity contribution in [3.63, 3.8) is 0 Å². The summed E-state index contributed by atoms with van der Waals surface area (Å²) >= 11 is 0. The number of amides is 2. The fourth-order valence-electron chi connectivity index (χ4n) is 4.12. The zero-order valence-corrected chi connectivity index (χ0v) is 18.2. The van der Waals surface area contributed by atoms with Crippen LogP contribution in [0.5, 0.6) is 11.5 Å². The third kappa shape index (κ3) is 4.99. The molecule has 5 rings (SSSR count). The first-order valence-corrected chi connectivity index (χ1v) is 11.0. The van der Waals surface area contributed by atoms with Gasteiger partial charge in [0.05, 0.1) is 6.54 Å². The molecule has 0 aromatic heterocycles. The highest BCUT2D eigenvalue weighted by atomic mass is 16.7. The summed E-state index contributed by atoms with van der Waals surface area (Å²) in [4.78, 5) is 26.4. The Morgan fingerprint density at radius 3 is 2.52 bits per heavy atom. The fourth-order valence-corrected chi connectivity index (χ4v) is 4.12. The minimum Gasteiger partial charge on any atom is -0.454 e. The Labute approximate surface area is 192 Å². The van der Waals surface area contributed by atoms with Crippen LogP contribution in [0, 0.1) is 0 Å². The summed E-state index contributed by atoms with van der Waals surface area (Å²) in [6.45, 7) is 3.33. The topological polar surface area (TPSA) is 79.9 Å². The van der Waals surface area contributed by atoms with Crippen molar-refractivity contribution in [3.8, 4) is 22.6 Å². The van der Waals surface area contributed by atoms with Gasteiger partial charge in [0.1, 0.15) is 0 Å². The Balaban J connectivity index is 1.24. The van der Waals surface area contributed by atoms with Gasteiger partial charge in [-0.25, -0.2) is 0 Å². The van der Waals surface area contributed by atoms with Gasteiger partial charge in [-0.15, -0.1) is 0 Å². The van der Waals surface area contributed by atoms with E-state index in [4.69, 9.17) is 9.47 Å². The lowest BCUT2D eigenvalue weighted by molar-refractivity contribution is -0.124. The van der Waals surface area contributed by atoms with Gasteiger partial charge in [0.2, 0.25) is 12.7 Å². The van der Waals surface area contributed by atoms with Crippen LogP contribution in [-0.4, -0.2) is 43.1 Å². The second-order valence-electron chi connectivity index (χ2n) is 8.21. The fraction of sp³-hybridized carbons (Fsp3) is 0.231. The third-order valence-electron chi connectivity index (χ3n) is 5.80. The summed E-state index contributed by atoms with van der Waals surface area (Å²) in [5, 5.41) is 5.84. The Morgan fingerprint density at radius 1 is 0.939 bits per heavy atom. The molecule has 168 valence electrons. The molecule has 3 aromatic rings. The van der Waals surface area contributed by atoms with Crippen LogP contribution in [0.1, 0.15) is 21.5 Å². The first-order valence-electron chi connectivity index (χ1n) is 11.0. The Hall–Kier alpha value is -3.84. The molecule has 0 atom stereocenters. The van der Waals surface area contributed by atoms with Crippen LogP contribution in [0.4, 0.5) is 0 Å². The van der Waals surface area contributed by atoms with Gasteiger partial charge in [0, 0.05) is 31.7 Å². The van der Waals surface area contributed by atoms with Gasteiger partial charge in [-0.3, -0.25) is 14.5 Å². The number of carbonyl (C=O) groups excluding carboxylic acids is 2. The summed E-state index contributed by atoms with van der Waals surface area (Å²) in [5.41, 5.74) is 4.92. The van der Waals surface area contributed by atoms with Crippen molar-refractivity contribution in [2.75, 3.05) is 26.4 Å². The zero-order chi connectivity index (χ0) is 22.6. The molecule has 2 aliphatic heterocycles. The van der Waals surface area contributed by atoms with Crippen LogP contribution in [0.15, 0.2) is 66.7 Å². The Kier molecular flexibility index (Phi) is 5.95. The molecule has 2 aliphatic rings. The van der Waals surface area contributed by atoms with E-state index in [2.05, 4.69) is 45.9 Å². The van der Waals surface area contributed by atoms with E-state index in [1.165, 1.54) is 5.56 Å². The maximum absolute atomic E-state index is 12.6. The molecule has 0 unspecified atom stereocenters. The van der Waals surface area contributed by atoms with Crippen LogP contribution in [0.25, 0.3) is 11.1 Å². The van der Waals surface area contributed by atoms with E-state index in [-0.39, 0.29) is 18.6 Å². The van der Waals surface area contributed by atoms with Crippen molar-refractivity contribution in [3.05, 3.63) is 83.4 Å². The molecule has 0 radical (unpaired) electrons. The van der Waals surface area contributed by atoms with E-state index >= 15 is 0 Å². The number of carbonyl (C=O) groups is 2. The average Bonchev–Trinajstić information content (AvgIpc) is 3.31. The molecule has 3 aromatic carbocycles. The van der Waals surface area contributed by atoms with Gasteiger partial charge in [0.15, 0.2) is 11.5 Å². The molecular weight excluding hydrogens is 418 g/mol. The van der Waals surface area contributed by atoms with Gasteiger partial charge >= 0.3 is 0 Å². The van der Waals surface area contributed by atoms with Crippen molar-refractivity contribution in [2.24, 2.45) is 0 Å². The first-order chi connectivity index (χ1) is 16.1. The summed E-state index contributed by atoms with van der Waals surface area (Å²) in [7, 11) is 0. The van der Waals surface area contributed by atoms with E-state index in [1.807, 2.05) is 18.2 Å². The zero-order valence-electron chi connectivity index (χ0n) is 18.2. The molecule has 7 heteroatoms. The van der Waals surface area contributed by atoms with Crippen LogP contribution in [0.2, 0.25) is 0 Å². The predicted molar refractivity (Wildman–Crippen MR) is 124 cm³/mol. The molecule has 0 aliphatic carbocycles. The Bertz CT molecular complexity index is 1190. The number of benzene rings is 3. The first kappa shape index (κ1) is 21.0. The number of hydrogen-bond donors (Lipinski definition) is 2. The lowest BCUT2D eigenvalue weighted by Crippen LogP contribution is -2.47. The normalized spacial score (nSPS) is 15.2. The SMILES string of the molecule is O=C1CN(Cc2cccc(-c3cccc(CNC(=O)c4ccc5c(c4)OCO5)c3)c2)CCN1. The Morgan fingerprint density at radius 2 is 1.70 bits per heavy atom. The van der Waals surface area contributed by atoms with E-state index in [0.717, 1.165) is 29.8 Å². The van der Waals surface area contributed by atoms with Gasteiger partial charge in [-0.2, -0.15) is 0 Å². The number of hydrogen-bond acceptors (Lipinski definition) is 5. The molecule has 2 N–H and O–H groups in total. The monoisotopic (exact) mass is 443 g/mol. The highest BCUT2D eigenvalue weighted by Crippen LogP contribution is 2.32. The molecular formula is C26H25N3O4. The van der Waals surface area contributed by atoms with Gasteiger partial charge < -0.3 is 20.1 Å². The number of nitrogens with zero attached hydrogens (tertiary/aromatic N) is 1. The van der Waals surface area contributed by atoms with E-state index in [0.29, 0.717) is 36.7 Å². The second kappa shape index (κ2) is 9.34. The van der Waals surface area contributed by atoms with Crippen molar-refractivity contribution in [1.29, 1.82) is 0 Å². The maximum Gasteiger partial charge on any atom is 0.251 e. The largest absolute Gasteiger partial charge is 0.454 e. The number of ether oxygens (including phenoxy) is 2. The highest BCUT2D eigenvalue weighted by molar-refractivity contribution is 5.94. The summed E-state index contributed by atoms with van der Waals surface area (Å²) < 4.78 is 10.7. The van der Waals surface area contributed by atoms with Crippen molar-refractivity contribution < 1.29 is 19.1 Å². The van der Waals surface area contributed by atoms with Crippen LogP contribution in [-0.2, 0) is 17.9 Å². The lowest BCUT2D eigenvalue weighted by Gasteiger charge is -2.26. The van der Waals surface area contributed by atoms with E-state index in [1.54, 1.807) is 18.2 Å². The minimum atomic E-state index is -0.161. The van der Waals surface area contributed by atoms with Crippen LogP contribution >= 0.6 is 0 Å². The minimum absolute atomic E-state index is 0.0768. The molecule has 7 nitrogen and oxygen atoms in total. The highest BCUT2D eigenvalue weighted by Gasteiger charge is 2.17. The molecule has 2 heterocycles. The van der Waals surface area contributed by atoms with E-state index < -0.39 is 0 Å². The average molecular weight is 444 g/mol. The number of fused-ring (bicyclic) bond motifs is 1. The molecule has 1 fully saturated rings. The quantitative estimate of drug-likeness (QED) is 0.612. The van der Waals surface area contributed by atoms with E-state index in [9.17, 15) is 9.59 Å². The standard InChI is InChI=1S/C26H25N3O4/c30-25-16-29(10-9-27-25)15-19-4-2-6-21(12-19)20-5-1-3-18(11-20)14-28-26(31)22-7-8-23-24(13-22)33-17-32-23/h1-8,11-13H,9-10,14-17H2,(H,27,30)(H,28,31). The number of piperazine rings is 1. The summed E-state index contributed by atoms with van der Waals surface area (Å²) in [6.07, 6.45) is 0. The van der Waals surface area contributed by atoms with Crippen LogP contribution in [0.3, 0.4) is 0 Å². The maximum atomic E-state index is 12.6. The molecule has 33 heavy (non-hydrogen) atoms. The summed E-state index contributed by atoms with van der Waals surface area (Å²) in [6, 6.07) is 21.7. The van der Waals surface area contributed by atoms with Gasteiger partial charge in [-0.1, -0.05) is 36.4 Å². The molecule has 1 saturated heterocycles. The lowest BCUT2D eigenvalue weighted by atomic mass is 10.0. The second-order valence-corrected chi connectivity index (χ2v) is 8.21. The van der Waals surface area contributed by atoms with Crippen molar-refractivity contribution in [1.82, 2.24) is 15.5 Å². The van der Waals surface area contributed by atoms with Crippen molar-refractivity contribution in [2.45, 2.75) is 13.1 Å². The van der Waals surface area contributed by atoms with Gasteiger partial charge in [0.25, 0.3) is 5.91 Å².